The number of hydrogen-bond donors (Lipinski definition) is 1. The molecule has 1 aliphatic heterocycles. The van der Waals surface area contributed by atoms with E-state index in [1.807, 2.05) is 5.51 Å². The van der Waals surface area contributed by atoms with Gasteiger partial charge in [-0.3, -0.25) is 4.90 Å². The van der Waals surface area contributed by atoms with Gasteiger partial charge in [-0.25, -0.2) is 15.0 Å². The van der Waals surface area contributed by atoms with Gasteiger partial charge < -0.3 is 5.32 Å². The third-order valence-corrected chi connectivity index (χ3v) is 5.62. The molecule has 3 heterocycles. The van der Waals surface area contributed by atoms with Gasteiger partial charge in [-0.15, -0.1) is 11.3 Å². The molecule has 116 valence electrons. The standard InChI is InChI=1S/C16H21N5S/c1-11-15(22-10-19-11)8-21-6-5-12(7-21)20-16-13-3-2-4-14(13)17-9-18-16/h9-10,12H,2-8H2,1H3,(H,17,18,20)/t12-/m1/s1. The molecule has 6 heteroatoms. The molecular formula is C16H21N5S. The molecule has 0 unspecified atom stereocenters. The zero-order valence-electron chi connectivity index (χ0n) is 12.9. The molecular weight excluding hydrogens is 294 g/mol. The molecule has 0 spiro atoms. The summed E-state index contributed by atoms with van der Waals surface area (Å²) >= 11 is 1.76. The summed E-state index contributed by atoms with van der Waals surface area (Å²) in [7, 11) is 0. The van der Waals surface area contributed by atoms with E-state index < -0.39 is 0 Å². The number of thiazole rings is 1. The minimum atomic E-state index is 0.493. The van der Waals surface area contributed by atoms with Crippen molar-refractivity contribution in [3.8, 4) is 0 Å². The van der Waals surface area contributed by atoms with Gasteiger partial charge in [0.25, 0.3) is 0 Å². The molecule has 22 heavy (non-hydrogen) atoms. The van der Waals surface area contributed by atoms with E-state index in [2.05, 4.69) is 32.1 Å². The number of hydrogen-bond acceptors (Lipinski definition) is 6. The number of rotatable bonds is 4. The lowest BCUT2D eigenvalue weighted by molar-refractivity contribution is 0.330. The smallest absolute Gasteiger partial charge is 0.133 e. The lowest BCUT2D eigenvalue weighted by Crippen LogP contribution is -2.26. The minimum Gasteiger partial charge on any atom is -0.366 e. The molecule has 0 amide bonds. The van der Waals surface area contributed by atoms with Crippen molar-refractivity contribution in [1.82, 2.24) is 19.9 Å². The monoisotopic (exact) mass is 315 g/mol. The van der Waals surface area contributed by atoms with Gasteiger partial charge in [0.15, 0.2) is 0 Å². The SMILES string of the molecule is Cc1ncsc1CN1CC[C@@H](Nc2ncnc3c2CCC3)C1. The lowest BCUT2D eigenvalue weighted by atomic mass is 10.2. The minimum absolute atomic E-state index is 0.493. The largest absolute Gasteiger partial charge is 0.366 e. The van der Waals surface area contributed by atoms with Crippen molar-refractivity contribution in [2.24, 2.45) is 0 Å². The van der Waals surface area contributed by atoms with E-state index in [0.29, 0.717) is 6.04 Å². The maximum atomic E-state index is 4.48. The number of fused-ring (bicyclic) bond motifs is 1. The molecule has 0 bridgehead atoms. The van der Waals surface area contributed by atoms with E-state index in [1.54, 1.807) is 17.7 Å². The first kappa shape index (κ1) is 14.1. The molecule has 0 saturated carbocycles. The van der Waals surface area contributed by atoms with E-state index in [0.717, 1.165) is 38.3 Å². The summed E-state index contributed by atoms with van der Waals surface area (Å²) in [5.41, 5.74) is 5.71. The van der Waals surface area contributed by atoms with E-state index >= 15 is 0 Å². The van der Waals surface area contributed by atoms with Crippen molar-refractivity contribution in [2.45, 2.75) is 45.2 Å². The second-order valence-electron chi connectivity index (χ2n) is 6.23. The molecule has 2 aromatic rings. The second kappa shape index (κ2) is 5.93. The van der Waals surface area contributed by atoms with Crippen molar-refractivity contribution in [1.29, 1.82) is 0 Å². The fourth-order valence-electron chi connectivity index (χ4n) is 3.45. The van der Waals surface area contributed by atoms with E-state index in [1.165, 1.54) is 34.7 Å². The van der Waals surface area contributed by atoms with E-state index in [-0.39, 0.29) is 0 Å². The van der Waals surface area contributed by atoms with Crippen LogP contribution in [0.3, 0.4) is 0 Å². The molecule has 4 rings (SSSR count). The summed E-state index contributed by atoms with van der Waals surface area (Å²) < 4.78 is 0. The molecule has 0 aromatic carbocycles. The number of aryl methyl sites for hydroxylation is 2. The highest BCUT2D eigenvalue weighted by Gasteiger charge is 2.25. The van der Waals surface area contributed by atoms with Crippen LogP contribution < -0.4 is 5.32 Å². The fraction of sp³-hybridized carbons (Fsp3) is 0.562. The van der Waals surface area contributed by atoms with Gasteiger partial charge in [-0.05, 0) is 32.6 Å². The predicted molar refractivity (Wildman–Crippen MR) is 88.2 cm³/mol. The third-order valence-electron chi connectivity index (χ3n) is 4.70. The quantitative estimate of drug-likeness (QED) is 0.939. The Balaban J connectivity index is 1.39. The highest BCUT2D eigenvalue weighted by atomic mass is 32.1. The predicted octanol–water partition coefficient (Wildman–Crippen LogP) is 2.42. The van der Waals surface area contributed by atoms with E-state index in [9.17, 15) is 0 Å². The van der Waals surface area contributed by atoms with Crippen LogP contribution in [0, 0.1) is 6.92 Å². The van der Waals surface area contributed by atoms with E-state index in [4.69, 9.17) is 0 Å². The van der Waals surface area contributed by atoms with Crippen molar-refractivity contribution in [3.05, 3.63) is 33.7 Å². The van der Waals surface area contributed by atoms with Crippen LogP contribution in [0.15, 0.2) is 11.8 Å². The molecule has 2 aromatic heterocycles. The first-order valence-corrected chi connectivity index (χ1v) is 8.88. The Morgan fingerprint density at radius 1 is 1.32 bits per heavy atom. The van der Waals surface area contributed by atoms with Gasteiger partial charge in [0.1, 0.15) is 12.1 Å². The second-order valence-corrected chi connectivity index (χ2v) is 7.17. The van der Waals surface area contributed by atoms with Gasteiger partial charge in [0, 0.05) is 41.8 Å². The molecule has 1 atom stereocenters. The van der Waals surface area contributed by atoms with Gasteiger partial charge in [-0.2, -0.15) is 0 Å². The number of anilines is 1. The van der Waals surface area contributed by atoms with Crippen LogP contribution in [0.25, 0.3) is 0 Å². The summed E-state index contributed by atoms with van der Waals surface area (Å²) in [6.07, 6.45) is 6.32. The molecule has 2 aliphatic rings. The third kappa shape index (κ3) is 2.73. The van der Waals surface area contributed by atoms with Crippen LogP contribution in [0.4, 0.5) is 5.82 Å². The Morgan fingerprint density at radius 2 is 2.27 bits per heavy atom. The average Bonchev–Trinajstić information content (AvgIpc) is 3.22. The van der Waals surface area contributed by atoms with Crippen LogP contribution in [-0.4, -0.2) is 39.0 Å². The van der Waals surface area contributed by atoms with Gasteiger partial charge >= 0.3 is 0 Å². The summed E-state index contributed by atoms with van der Waals surface area (Å²) in [6, 6.07) is 0.493. The maximum Gasteiger partial charge on any atom is 0.133 e. The van der Waals surface area contributed by atoms with Crippen molar-refractivity contribution in [2.75, 3.05) is 18.4 Å². The maximum absolute atomic E-state index is 4.48. The highest BCUT2D eigenvalue weighted by Crippen LogP contribution is 2.27. The van der Waals surface area contributed by atoms with Crippen LogP contribution in [-0.2, 0) is 19.4 Å². The Kier molecular flexibility index (Phi) is 3.80. The fourth-order valence-corrected chi connectivity index (χ4v) is 4.27. The first-order valence-electron chi connectivity index (χ1n) is 8.00. The summed E-state index contributed by atoms with van der Waals surface area (Å²) in [5, 5.41) is 3.66. The summed E-state index contributed by atoms with van der Waals surface area (Å²) in [5.74, 6) is 1.07. The Hall–Kier alpha value is -1.53. The molecule has 5 nitrogen and oxygen atoms in total. The van der Waals surface area contributed by atoms with Crippen LogP contribution in [0.5, 0.6) is 0 Å². The zero-order valence-corrected chi connectivity index (χ0v) is 13.7. The summed E-state index contributed by atoms with van der Waals surface area (Å²) in [4.78, 5) is 17.1. The van der Waals surface area contributed by atoms with Crippen LogP contribution in [0.2, 0.25) is 0 Å². The Bertz CT molecular complexity index is 668. The average molecular weight is 315 g/mol. The first-order chi connectivity index (χ1) is 10.8. The van der Waals surface area contributed by atoms with Crippen molar-refractivity contribution >= 4 is 17.2 Å². The summed E-state index contributed by atoms with van der Waals surface area (Å²) in [6.45, 7) is 5.34. The molecule has 1 saturated heterocycles. The molecule has 0 radical (unpaired) electrons. The Labute approximate surface area is 134 Å². The molecule has 1 aliphatic carbocycles. The number of nitrogens with one attached hydrogen (secondary N) is 1. The van der Waals surface area contributed by atoms with Gasteiger partial charge in [-0.1, -0.05) is 0 Å². The topological polar surface area (TPSA) is 53.9 Å². The number of aromatic nitrogens is 3. The van der Waals surface area contributed by atoms with Gasteiger partial charge in [0.2, 0.25) is 0 Å². The normalized spacial score (nSPS) is 21.2. The van der Waals surface area contributed by atoms with Crippen LogP contribution in [0.1, 0.15) is 34.7 Å². The molecule has 1 fully saturated rings. The number of nitrogens with zero attached hydrogens (tertiary/aromatic N) is 4. The number of likely N-dealkylation sites (tertiary alicyclic amines) is 1. The van der Waals surface area contributed by atoms with Crippen LogP contribution >= 0.6 is 11.3 Å². The Morgan fingerprint density at radius 3 is 3.14 bits per heavy atom. The van der Waals surface area contributed by atoms with Crippen molar-refractivity contribution < 1.29 is 0 Å². The van der Waals surface area contributed by atoms with Gasteiger partial charge in [0.05, 0.1) is 11.2 Å². The lowest BCUT2D eigenvalue weighted by Gasteiger charge is -2.17. The zero-order chi connectivity index (χ0) is 14.9. The highest BCUT2D eigenvalue weighted by molar-refractivity contribution is 7.09. The van der Waals surface area contributed by atoms with Crippen molar-refractivity contribution in [3.63, 3.8) is 0 Å². The molecule has 1 N–H and O–H groups in total.